The minimum Gasteiger partial charge on any atom is -0.379 e. The highest BCUT2D eigenvalue weighted by atomic mass is 32.1. The van der Waals surface area contributed by atoms with Gasteiger partial charge in [0.25, 0.3) is 0 Å². The van der Waals surface area contributed by atoms with E-state index in [0.717, 1.165) is 57.5 Å². The first-order valence-electron chi connectivity index (χ1n) is 11.2. The van der Waals surface area contributed by atoms with E-state index < -0.39 is 0 Å². The summed E-state index contributed by atoms with van der Waals surface area (Å²) in [5.74, 6) is 0. The quantitative estimate of drug-likeness (QED) is 0.651. The van der Waals surface area contributed by atoms with Gasteiger partial charge in [0, 0.05) is 58.5 Å². The molecule has 1 aliphatic heterocycles. The molecule has 1 heterocycles. The molecule has 6 heteroatoms. The normalized spacial score (nSPS) is 18.4. The van der Waals surface area contributed by atoms with Crippen LogP contribution >= 0.6 is 12.2 Å². The van der Waals surface area contributed by atoms with Crippen molar-refractivity contribution in [3.63, 3.8) is 0 Å². The van der Waals surface area contributed by atoms with Crippen molar-refractivity contribution in [3.8, 4) is 0 Å². The van der Waals surface area contributed by atoms with Gasteiger partial charge in [0.1, 0.15) is 0 Å². The molecule has 1 aliphatic carbocycles. The maximum Gasteiger partial charge on any atom is 0.169 e. The van der Waals surface area contributed by atoms with Crippen LogP contribution in [0.3, 0.4) is 0 Å². The minimum absolute atomic E-state index is 0.550. The zero-order valence-electron chi connectivity index (χ0n) is 18.2. The first kappa shape index (κ1) is 22.3. The van der Waals surface area contributed by atoms with E-state index in [1.54, 1.807) is 0 Å². The van der Waals surface area contributed by atoms with E-state index in [-0.39, 0.29) is 0 Å². The van der Waals surface area contributed by atoms with E-state index in [1.807, 2.05) is 0 Å². The summed E-state index contributed by atoms with van der Waals surface area (Å²) in [7, 11) is 4.16. The van der Waals surface area contributed by atoms with Gasteiger partial charge in [-0.05, 0) is 49.2 Å². The SMILES string of the molecule is CN(C)c1ccc(CN(CCCN2CCOCC2)C(=S)NC2CCCCC2)cc1. The van der Waals surface area contributed by atoms with E-state index in [4.69, 9.17) is 17.0 Å². The van der Waals surface area contributed by atoms with Crippen molar-refractivity contribution in [1.29, 1.82) is 0 Å². The van der Waals surface area contributed by atoms with Gasteiger partial charge in [0.15, 0.2) is 5.11 Å². The average Bonchev–Trinajstić information content (AvgIpc) is 2.75. The maximum atomic E-state index is 5.87. The topological polar surface area (TPSA) is 31.0 Å². The van der Waals surface area contributed by atoms with E-state index in [0.29, 0.717) is 6.04 Å². The smallest absolute Gasteiger partial charge is 0.169 e. The van der Waals surface area contributed by atoms with E-state index >= 15 is 0 Å². The number of rotatable bonds is 8. The Labute approximate surface area is 182 Å². The summed E-state index contributed by atoms with van der Waals surface area (Å²) < 4.78 is 5.47. The third-order valence-corrected chi connectivity index (χ3v) is 6.43. The molecule has 0 spiro atoms. The standard InChI is InChI=1S/C23H38N4OS/c1-25(2)22-11-9-20(10-12-22)19-27(14-6-13-26-15-17-28-18-16-26)23(29)24-21-7-4-3-5-8-21/h9-12,21H,3-8,13-19H2,1-2H3,(H,24,29). The molecular weight excluding hydrogens is 380 g/mol. The number of anilines is 1. The molecule has 0 unspecified atom stereocenters. The zero-order chi connectivity index (χ0) is 20.5. The predicted molar refractivity (Wildman–Crippen MR) is 126 cm³/mol. The Morgan fingerprint density at radius 3 is 2.45 bits per heavy atom. The van der Waals surface area contributed by atoms with Crippen LogP contribution in [0.5, 0.6) is 0 Å². The molecule has 3 rings (SSSR count). The first-order chi connectivity index (χ1) is 14.1. The van der Waals surface area contributed by atoms with Crippen molar-refractivity contribution in [3.05, 3.63) is 29.8 Å². The lowest BCUT2D eigenvalue weighted by atomic mass is 9.96. The van der Waals surface area contributed by atoms with Crippen LogP contribution in [-0.4, -0.2) is 74.4 Å². The molecule has 29 heavy (non-hydrogen) atoms. The van der Waals surface area contributed by atoms with Gasteiger partial charge < -0.3 is 19.9 Å². The van der Waals surface area contributed by atoms with E-state index in [1.165, 1.54) is 43.4 Å². The molecule has 0 amide bonds. The molecule has 2 fully saturated rings. The molecule has 0 bridgehead atoms. The van der Waals surface area contributed by atoms with Gasteiger partial charge >= 0.3 is 0 Å². The number of nitrogens with zero attached hydrogens (tertiary/aromatic N) is 3. The van der Waals surface area contributed by atoms with Gasteiger partial charge in [0.05, 0.1) is 13.2 Å². The predicted octanol–water partition coefficient (Wildman–Crippen LogP) is 3.48. The lowest BCUT2D eigenvalue weighted by Crippen LogP contribution is -2.46. The number of hydrogen-bond donors (Lipinski definition) is 1. The molecule has 2 aliphatic rings. The Balaban J connectivity index is 1.57. The second-order valence-electron chi connectivity index (χ2n) is 8.57. The summed E-state index contributed by atoms with van der Waals surface area (Å²) in [6.07, 6.45) is 7.64. The van der Waals surface area contributed by atoms with Crippen molar-refractivity contribution in [2.45, 2.75) is 51.1 Å². The van der Waals surface area contributed by atoms with Gasteiger partial charge in [-0.15, -0.1) is 0 Å². The number of morpholine rings is 1. The minimum atomic E-state index is 0.550. The Kier molecular flexibility index (Phi) is 9.02. The van der Waals surface area contributed by atoms with Crippen LogP contribution in [0.15, 0.2) is 24.3 Å². The summed E-state index contributed by atoms with van der Waals surface area (Å²) in [6.45, 7) is 6.81. The summed E-state index contributed by atoms with van der Waals surface area (Å²) in [5.41, 5.74) is 2.55. The van der Waals surface area contributed by atoms with Gasteiger partial charge in [-0.1, -0.05) is 31.4 Å². The zero-order valence-corrected chi connectivity index (χ0v) is 19.1. The van der Waals surface area contributed by atoms with Crippen molar-refractivity contribution < 1.29 is 4.74 Å². The lowest BCUT2D eigenvalue weighted by Gasteiger charge is -2.32. The van der Waals surface area contributed by atoms with Crippen molar-refractivity contribution in [1.82, 2.24) is 15.1 Å². The first-order valence-corrected chi connectivity index (χ1v) is 11.6. The van der Waals surface area contributed by atoms with Crippen molar-refractivity contribution in [2.75, 3.05) is 58.4 Å². The van der Waals surface area contributed by atoms with Crippen LogP contribution in [0, 0.1) is 0 Å². The molecular formula is C23H38N4OS. The molecule has 0 aromatic heterocycles. The Hall–Kier alpha value is -1.37. The molecule has 1 N–H and O–H groups in total. The van der Waals surface area contributed by atoms with Gasteiger partial charge in [0.2, 0.25) is 0 Å². The molecule has 1 saturated carbocycles. The highest BCUT2D eigenvalue weighted by Crippen LogP contribution is 2.19. The van der Waals surface area contributed by atoms with Gasteiger partial charge in [-0.2, -0.15) is 0 Å². The second kappa shape index (κ2) is 11.7. The Bertz CT molecular complexity index is 610. The molecule has 162 valence electrons. The fraction of sp³-hybridized carbons (Fsp3) is 0.696. The fourth-order valence-corrected chi connectivity index (χ4v) is 4.52. The van der Waals surface area contributed by atoms with Crippen LogP contribution in [-0.2, 0) is 11.3 Å². The summed E-state index contributed by atoms with van der Waals surface area (Å²) in [6, 6.07) is 9.40. The molecule has 1 aromatic rings. The number of thiocarbonyl (C=S) groups is 1. The van der Waals surface area contributed by atoms with Crippen LogP contribution < -0.4 is 10.2 Å². The third-order valence-electron chi connectivity index (χ3n) is 6.05. The van der Waals surface area contributed by atoms with Crippen LogP contribution in [0.2, 0.25) is 0 Å². The lowest BCUT2D eigenvalue weighted by molar-refractivity contribution is 0.0367. The molecule has 1 aromatic carbocycles. The molecule has 5 nitrogen and oxygen atoms in total. The molecule has 0 radical (unpaired) electrons. The Morgan fingerprint density at radius 2 is 1.79 bits per heavy atom. The van der Waals surface area contributed by atoms with Crippen LogP contribution in [0.1, 0.15) is 44.1 Å². The highest BCUT2D eigenvalue weighted by molar-refractivity contribution is 7.80. The number of ether oxygens (including phenoxy) is 1. The highest BCUT2D eigenvalue weighted by Gasteiger charge is 2.18. The third kappa shape index (κ3) is 7.43. The molecule has 1 saturated heterocycles. The average molecular weight is 419 g/mol. The summed E-state index contributed by atoms with van der Waals surface area (Å²) >= 11 is 5.87. The van der Waals surface area contributed by atoms with Crippen molar-refractivity contribution >= 4 is 23.0 Å². The number of nitrogens with one attached hydrogen (secondary N) is 1. The summed E-state index contributed by atoms with van der Waals surface area (Å²) in [4.78, 5) is 7.01. The van der Waals surface area contributed by atoms with Crippen LogP contribution in [0.25, 0.3) is 0 Å². The Morgan fingerprint density at radius 1 is 1.10 bits per heavy atom. The van der Waals surface area contributed by atoms with Crippen molar-refractivity contribution in [2.24, 2.45) is 0 Å². The van der Waals surface area contributed by atoms with Gasteiger partial charge in [-0.25, -0.2) is 0 Å². The van der Waals surface area contributed by atoms with Crippen LogP contribution in [0.4, 0.5) is 5.69 Å². The van der Waals surface area contributed by atoms with E-state index in [9.17, 15) is 0 Å². The number of hydrogen-bond acceptors (Lipinski definition) is 4. The number of benzene rings is 1. The van der Waals surface area contributed by atoms with Gasteiger partial charge in [-0.3, -0.25) is 4.90 Å². The maximum absolute atomic E-state index is 5.87. The second-order valence-corrected chi connectivity index (χ2v) is 8.96. The fourth-order valence-electron chi connectivity index (χ4n) is 4.20. The van der Waals surface area contributed by atoms with E-state index in [2.05, 4.69) is 58.4 Å². The molecule has 0 atom stereocenters. The largest absolute Gasteiger partial charge is 0.379 e. The monoisotopic (exact) mass is 418 g/mol. The summed E-state index contributed by atoms with van der Waals surface area (Å²) in [5, 5.41) is 4.60.